The molecule has 1 amide bonds. The van der Waals surface area contributed by atoms with E-state index in [1.54, 1.807) is 0 Å². The van der Waals surface area contributed by atoms with Crippen LogP contribution in [0.4, 0.5) is 0 Å². The summed E-state index contributed by atoms with van der Waals surface area (Å²) >= 11 is 0. The number of unbranched alkanes of at least 4 members (excludes halogenated alkanes) is 31. The molecule has 0 aromatic rings. The van der Waals surface area contributed by atoms with Gasteiger partial charge in [-0.2, -0.15) is 0 Å². The van der Waals surface area contributed by atoms with Gasteiger partial charge in [-0.15, -0.1) is 0 Å². The molecule has 4 heteroatoms. The zero-order valence-electron chi connectivity index (χ0n) is 30.9. The van der Waals surface area contributed by atoms with Crippen LogP contribution in [0.15, 0.2) is 0 Å². The maximum Gasteiger partial charge on any atom is 0.220 e. The summed E-state index contributed by atoms with van der Waals surface area (Å²) in [6.07, 6.45) is 45.0. The molecule has 270 valence electrons. The summed E-state index contributed by atoms with van der Waals surface area (Å²) < 4.78 is 0. The van der Waals surface area contributed by atoms with Gasteiger partial charge in [-0.3, -0.25) is 4.79 Å². The molecule has 0 aliphatic rings. The first kappa shape index (κ1) is 44.4. The van der Waals surface area contributed by atoms with Gasteiger partial charge in [0.05, 0.1) is 18.8 Å². The first-order valence-electron chi connectivity index (χ1n) is 20.7. The molecule has 45 heavy (non-hydrogen) atoms. The number of aliphatic hydroxyl groups excluding tert-OH is 2. The van der Waals surface area contributed by atoms with Gasteiger partial charge in [-0.05, 0) is 12.8 Å². The van der Waals surface area contributed by atoms with Gasteiger partial charge in [0.25, 0.3) is 0 Å². The molecule has 0 aliphatic carbocycles. The molecular weight excluding hydrogens is 554 g/mol. The van der Waals surface area contributed by atoms with Crippen LogP contribution in [0.1, 0.15) is 239 Å². The van der Waals surface area contributed by atoms with Crippen LogP contribution in [0, 0.1) is 0 Å². The summed E-state index contributed by atoms with van der Waals surface area (Å²) in [6.45, 7) is 4.31. The zero-order chi connectivity index (χ0) is 32.9. The Labute approximate surface area is 283 Å². The number of carbonyl (C=O) groups excluding carboxylic acids is 1. The SMILES string of the molecule is CCCCCCCCCCCCCCCCCCCCCCCCCCCCCC(O)C(CO)NC(=O)CCCCCCCC. The highest BCUT2D eigenvalue weighted by atomic mass is 16.3. The third kappa shape index (κ3) is 34.5. The molecule has 0 spiro atoms. The average molecular weight is 638 g/mol. The molecule has 2 unspecified atom stereocenters. The number of aliphatic hydroxyl groups is 2. The second-order valence-corrected chi connectivity index (χ2v) is 14.4. The third-order valence-electron chi connectivity index (χ3n) is 9.87. The van der Waals surface area contributed by atoms with Gasteiger partial charge < -0.3 is 15.5 Å². The van der Waals surface area contributed by atoms with Crippen LogP contribution in [0.5, 0.6) is 0 Å². The molecule has 0 fully saturated rings. The van der Waals surface area contributed by atoms with Crippen LogP contribution in [0.2, 0.25) is 0 Å². The van der Waals surface area contributed by atoms with E-state index in [1.165, 1.54) is 186 Å². The Morgan fingerprint density at radius 3 is 1.00 bits per heavy atom. The van der Waals surface area contributed by atoms with E-state index in [9.17, 15) is 15.0 Å². The lowest BCUT2D eigenvalue weighted by Crippen LogP contribution is -2.45. The normalized spacial score (nSPS) is 12.9. The first-order valence-corrected chi connectivity index (χ1v) is 20.7. The van der Waals surface area contributed by atoms with E-state index in [1.807, 2.05) is 0 Å². The molecule has 0 rings (SSSR count). The first-order chi connectivity index (χ1) is 22.2. The van der Waals surface area contributed by atoms with Crippen molar-refractivity contribution in [2.75, 3.05) is 6.61 Å². The molecule has 0 heterocycles. The quantitative estimate of drug-likeness (QED) is 0.0590. The zero-order valence-corrected chi connectivity index (χ0v) is 30.9. The molecule has 0 saturated heterocycles. The highest BCUT2D eigenvalue weighted by Crippen LogP contribution is 2.17. The van der Waals surface area contributed by atoms with Gasteiger partial charge in [0.15, 0.2) is 0 Å². The number of rotatable bonds is 38. The van der Waals surface area contributed by atoms with Gasteiger partial charge in [0, 0.05) is 6.42 Å². The molecule has 0 radical (unpaired) electrons. The van der Waals surface area contributed by atoms with Crippen LogP contribution in [-0.2, 0) is 4.79 Å². The molecule has 2 atom stereocenters. The Kier molecular flexibility index (Phi) is 37.3. The van der Waals surface area contributed by atoms with Crippen molar-refractivity contribution in [1.29, 1.82) is 0 Å². The van der Waals surface area contributed by atoms with E-state index in [0.717, 1.165) is 25.7 Å². The standard InChI is InChI=1S/C41H83NO3/c1-3-5-7-9-11-12-13-14-15-16-17-18-19-20-21-22-23-24-25-26-27-28-29-30-31-32-34-36-40(44)39(38-43)42-41(45)37-35-33-10-8-6-4-2/h39-40,43-44H,3-38H2,1-2H3,(H,42,45). The van der Waals surface area contributed by atoms with Gasteiger partial charge >= 0.3 is 0 Å². The fourth-order valence-electron chi connectivity index (χ4n) is 6.66. The van der Waals surface area contributed by atoms with E-state index >= 15 is 0 Å². The Morgan fingerprint density at radius 1 is 0.444 bits per heavy atom. The second-order valence-electron chi connectivity index (χ2n) is 14.4. The van der Waals surface area contributed by atoms with Gasteiger partial charge in [0.2, 0.25) is 5.91 Å². The third-order valence-corrected chi connectivity index (χ3v) is 9.87. The fraction of sp³-hybridized carbons (Fsp3) is 0.976. The molecule has 0 bridgehead atoms. The van der Waals surface area contributed by atoms with Gasteiger partial charge in [-0.1, -0.05) is 219 Å². The summed E-state index contributed by atoms with van der Waals surface area (Å²) in [5.74, 6) is -0.0381. The van der Waals surface area contributed by atoms with Crippen LogP contribution in [0.25, 0.3) is 0 Å². The van der Waals surface area contributed by atoms with Crippen molar-refractivity contribution in [3.05, 3.63) is 0 Å². The molecule has 4 nitrogen and oxygen atoms in total. The Balaban J connectivity index is 3.34. The van der Waals surface area contributed by atoms with Gasteiger partial charge in [0.1, 0.15) is 0 Å². The van der Waals surface area contributed by atoms with Crippen LogP contribution in [0.3, 0.4) is 0 Å². The van der Waals surface area contributed by atoms with Crippen molar-refractivity contribution in [2.24, 2.45) is 0 Å². The Bertz CT molecular complexity index is 569. The van der Waals surface area contributed by atoms with E-state index in [2.05, 4.69) is 19.2 Å². The number of hydrogen-bond donors (Lipinski definition) is 3. The van der Waals surface area contributed by atoms with E-state index in [4.69, 9.17) is 0 Å². The topological polar surface area (TPSA) is 69.6 Å². The second kappa shape index (κ2) is 37.8. The van der Waals surface area contributed by atoms with Crippen molar-refractivity contribution in [1.82, 2.24) is 5.32 Å². The van der Waals surface area contributed by atoms with Crippen molar-refractivity contribution in [3.8, 4) is 0 Å². The predicted molar refractivity (Wildman–Crippen MR) is 198 cm³/mol. The van der Waals surface area contributed by atoms with Crippen molar-refractivity contribution >= 4 is 5.91 Å². The smallest absolute Gasteiger partial charge is 0.220 e. The minimum atomic E-state index is -0.650. The lowest BCUT2D eigenvalue weighted by atomic mass is 10.0. The lowest BCUT2D eigenvalue weighted by Gasteiger charge is -2.22. The number of carbonyl (C=O) groups is 1. The average Bonchev–Trinajstić information content (AvgIpc) is 3.04. The van der Waals surface area contributed by atoms with Crippen LogP contribution in [-0.4, -0.2) is 34.9 Å². The minimum absolute atomic E-state index is 0.0381. The largest absolute Gasteiger partial charge is 0.394 e. The van der Waals surface area contributed by atoms with Crippen LogP contribution < -0.4 is 5.32 Å². The fourth-order valence-corrected chi connectivity index (χ4v) is 6.66. The number of amides is 1. The summed E-state index contributed by atoms with van der Waals surface area (Å²) in [4.78, 5) is 12.2. The predicted octanol–water partition coefficient (Wildman–Crippen LogP) is 12.5. The number of hydrogen-bond acceptors (Lipinski definition) is 3. The maximum absolute atomic E-state index is 12.2. The molecule has 0 aromatic heterocycles. The van der Waals surface area contributed by atoms with E-state index in [-0.39, 0.29) is 12.5 Å². The summed E-state index contributed by atoms with van der Waals surface area (Å²) in [5, 5.41) is 22.9. The van der Waals surface area contributed by atoms with Crippen LogP contribution >= 0.6 is 0 Å². The molecule has 0 aliphatic heterocycles. The number of nitrogens with one attached hydrogen (secondary N) is 1. The summed E-state index contributed by atoms with van der Waals surface area (Å²) in [7, 11) is 0. The molecule has 0 aromatic carbocycles. The molecular formula is C41H83NO3. The Morgan fingerprint density at radius 2 is 0.711 bits per heavy atom. The molecule has 0 saturated carbocycles. The molecule has 3 N–H and O–H groups in total. The lowest BCUT2D eigenvalue weighted by molar-refractivity contribution is -0.123. The van der Waals surface area contributed by atoms with E-state index < -0.39 is 12.1 Å². The highest BCUT2D eigenvalue weighted by Gasteiger charge is 2.19. The highest BCUT2D eigenvalue weighted by molar-refractivity contribution is 5.76. The monoisotopic (exact) mass is 638 g/mol. The maximum atomic E-state index is 12.2. The van der Waals surface area contributed by atoms with Gasteiger partial charge in [-0.25, -0.2) is 0 Å². The summed E-state index contributed by atoms with van der Waals surface area (Å²) in [6, 6.07) is -0.526. The van der Waals surface area contributed by atoms with Crippen molar-refractivity contribution in [2.45, 2.75) is 251 Å². The van der Waals surface area contributed by atoms with Crippen molar-refractivity contribution in [3.63, 3.8) is 0 Å². The summed E-state index contributed by atoms with van der Waals surface area (Å²) in [5.41, 5.74) is 0. The minimum Gasteiger partial charge on any atom is -0.394 e. The van der Waals surface area contributed by atoms with E-state index in [0.29, 0.717) is 12.8 Å². The Hall–Kier alpha value is -0.610. The van der Waals surface area contributed by atoms with Crippen molar-refractivity contribution < 1.29 is 15.0 Å².